The number of primary amides is 1. The van der Waals surface area contributed by atoms with Crippen molar-refractivity contribution in [2.75, 3.05) is 7.05 Å². The fraction of sp³-hybridized carbons (Fsp3) is 0.643. The van der Waals surface area contributed by atoms with Gasteiger partial charge in [0.2, 0.25) is 5.91 Å². The van der Waals surface area contributed by atoms with E-state index in [1.807, 2.05) is 6.92 Å². The Morgan fingerprint density at radius 3 is 2.75 bits per heavy atom. The number of nitrogens with zero attached hydrogens (tertiary/aromatic N) is 2. The van der Waals surface area contributed by atoms with Crippen molar-refractivity contribution in [3.05, 3.63) is 16.1 Å². The van der Waals surface area contributed by atoms with Crippen LogP contribution in [0.15, 0.2) is 5.51 Å². The maximum atomic E-state index is 12.6. The third-order valence-corrected chi connectivity index (χ3v) is 4.84. The molecule has 1 saturated carbocycles. The Labute approximate surface area is 123 Å². The SMILES string of the molecule is CC(CC(N)=O)N(C)C(=O)c1scnc1C1CCCC1. The maximum absolute atomic E-state index is 12.6. The highest BCUT2D eigenvalue weighted by molar-refractivity contribution is 7.11. The number of hydrogen-bond acceptors (Lipinski definition) is 4. The Bertz CT molecular complexity index is 494. The summed E-state index contributed by atoms with van der Waals surface area (Å²) in [5.74, 6) is -0.0272. The summed E-state index contributed by atoms with van der Waals surface area (Å²) in [4.78, 5) is 30.2. The van der Waals surface area contributed by atoms with Crippen LogP contribution in [-0.2, 0) is 4.79 Å². The van der Waals surface area contributed by atoms with Gasteiger partial charge >= 0.3 is 0 Å². The highest BCUT2D eigenvalue weighted by Crippen LogP contribution is 2.36. The summed E-state index contributed by atoms with van der Waals surface area (Å²) in [6.07, 6.45) is 4.84. The van der Waals surface area contributed by atoms with Crippen LogP contribution in [0, 0.1) is 0 Å². The van der Waals surface area contributed by atoms with Gasteiger partial charge in [0.25, 0.3) is 5.91 Å². The second-order valence-corrected chi connectivity index (χ2v) is 6.34. The molecule has 0 radical (unpaired) electrons. The molecule has 0 bridgehead atoms. The van der Waals surface area contributed by atoms with E-state index in [1.54, 1.807) is 17.5 Å². The molecular formula is C14H21N3O2S. The first-order valence-corrected chi connectivity index (χ1v) is 7.87. The van der Waals surface area contributed by atoms with Gasteiger partial charge in [-0.1, -0.05) is 12.8 Å². The van der Waals surface area contributed by atoms with Crippen molar-refractivity contribution in [3.8, 4) is 0 Å². The van der Waals surface area contributed by atoms with Gasteiger partial charge in [0, 0.05) is 25.4 Å². The Morgan fingerprint density at radius 1 is 1.50 bits per heavy atom. The van der Waals surface area contributed by atoms with Gasteiger partial charge in [0.05, 0.1) is 11.2 Å². The Balaban J connectivity index is 2.12. The average Bonchev–Trinajstić information content (AvgIpc) is 3.05. The number of hydrogen-bond donors (Lipinski definition) is 1. The normalized spacial score (nSPS) is 17.1. The summed E-state index contributed by atoms with van der Waals surface area (Å²) in [6.45, 7) is 1.83. The number of aromatic nitrogens is 1. The molecule has 0 aliphatic heterocycles. The van der Waals surface area contributed by atoms with Gasteiger partial charge in [-0.3, -0.25) is 9.59 Å². The number of thiazole rings is 1. The zero-order valence-electron chi connectivity index (χ0n) is 12.0. The van der Waals surface area contributed by atoms with Crippen LogP contribution in [-0.4, -0.2) is 34.8 Å². The van der Waals surface area contributed by atoms with Crippen molar-refractivity contribution >= 4 is 23.2 Å². The second kappa shape index (κ2) is 6.35. The van der Waals surface area contributed by atoms with Gasteiger partial charge in [0.15, 0.2) is 0 Å². The summed E-state index contributed by atoms with van der Waals surface area (Å²) < 4.78 is 0. The molecule has 1 aliphatic rings. The molecule has 2 N–H and O–H groups in total. The topological polar surface area (TPSA) is 76.3 Å². The first-order chi connectivity index (χ1) is 9.50. The lowest BCUT2D eigenvalue weighted by atomic mass is 10.0. The van der Waals surface area contributed by atoms with Gasteiger partial charge in [0.1, 0.15) is 4.88 Å². The van der Waals surface area contributed by atoms with Gasteiger partial charge in [-0.15, -0.1) is 11.3 Å². The zero-order valence-corrected chi connectivity index (χ0v) is 12.8. The maximum Gasteiger partial charge on any atom is 0.265 e. The Kier molecular flexibility index (Phi) is 4.75. The summed E-state index contributed by atoms with van der Waals surface area (Å²) in [5, 5.41) is 0. The summed E-state index contributed by atoms with van der Waals surface area (Å²) in [6, 6.07) is -0.196. The van der Waals surface area contributed by atoms with E-state index >= 15 is 0 Å². The molecule has 1 aromatic heterocycles. The predicted molar refractivity (Wildman–Crippen MR) is 78.7 cm³/mol. The average molecular weight is 295 g/mol. The molecule has 1 aromatic rings. The van der Waals surface area contributed by atoms with Crippen LogP contribution in [0.4, 0.5) is 0 Å². The molecule has 1 fully saturated rings. The number of rotatable bonds is 5. The minimum absolute atomic E-state index is 0.0526. The number of amides is 2. The summed E-state index contributed by atoms with van der Waals surface area (Å²) >= 11 is 1.39. The Hall–Kier alpha value is -1.43. The third-order valence-electron chi connectivity index (χ3n) is 4.01. The lowest BCUT2D eigenvalue weighted by molar-refractivity contribution is -0.118. The van der Waals surface area contributed by atoms with Crippen LogP contribution in [0.1, 0.15) is 60.3 Å². The minimum atomic E-state index is -0.391. The van der Waals surface area contributed by atoms with E-state index in [0.717, 1.165) is 23.4 Å². The van der Waals surface area contributed by atoms with Crippen LogP contribution in [0.5, 0.6) is 0 Å². The zero-order chi connectivity index (χ0) is 14.7. The van der Waals surface area contributed by atoms with Crippen molar-refractivity contribution < 1.29 is 9.59 Å². The summed E-state index contributed by atoms with van der Waals surface area (Å²) in [7, 11) is 1.72. The monoisotopic (exact) mass is 295 g/mol. The van der Waals surface area contributed by atoms with Crippen molar-refractivity contribution in [2.24, 2.45) is 5.73 Å². The second-order valence-electron chi connectivity index (χ2n) is 5.48. The smallest absolute Gasteiger partial charge is 0.265 e. The van der Waals surface area contributed by atoms with Crippen molar-refractivity contribution in [2.45, 2.75) is 51.0 Å². The molecule has 2 rings (SSSR count). The van der Waals surface area contributed by atoms with E-state index in [2.05, 4.69) is 4.98 Å². The number of carbonyl (C=O) groups is 2. The molecule has 1 atom stereocenters. The number of nitrogens with two attached hydrogens (primary N) is 1. The van der Waals surface area contributed by atoms with Crippen LogP contribution < -0.4 is 5.73 Å². The lowest BCUT2D eigenvalue weighted by Crippen LogP contribution is -2.37. The highest BCUT2D eigenvalue weighted by Gasteiger charge is 2.28. The van der Waals surface area contributed by atoms with Crippen molar-refractivity contribution in [3.63, 3.8) is 0 Å². The molecule has 0 aromatic carbocycles. The molecular weight excluding hydrogens is 274 g/mol. The van der Waals surface area contributed by atoms with E-state index in [0.29, 0.717) is 5.92 Å². The third kappa shape index (κ3) is 3.17. The van der Waals surface area contributed by atoms with Gasteiger partial charge in [-0.05, 0) is 19.8 Å². The van der Waals surface area contributed by atoms with Crippen LogP contribution >= 0.6 is 11.3 Å². The van der Waals surface area contributed by atoms with Gasteiger partial charge in [-0.2, -0.15) is 0 Å². The molecule has 0 spiro atoms. The molecule has 1 heterocycles. The Morgan fingerprint density at radius 2 is 2.15 bits per heavy atom. The molecule has 0 saturated heterocycles. The van der Waals surface area contributed by atoms with Crippen LogP contribution in [0.2, 0.25) is 0 Å². The van der Waals surface area contributed by atoms with E-state index in [1.165, 1.54) is 24.2 Å². The van der Waals surface area contributed by atoms with Crippen molar-refractivity contribution in [1.29, 1.82) is 0 Å². The molecule has 2 amide bonds. The predicted octanol–water partition coefficient (Wildman–Crippen LogP) is 2.14. The van der Waals surface area contributed by atoms with E-state index in [9.17, 15) is 9.59 Å². The standard InChI is InChI=1S/C14H21N3O2S/c1-9(7-11(15)18)17(2)14(19)13-12(16-8-20-13)10-5-3-4-6-10/h8-10H,3-7H2,1-2H3,(H2,15,18). The van der Waals surface area contributed by atoms with Gasteiger partial charge in [-0.25, -0.2) is 4.98 Å². The van der Waals surface area contributed by atoms with E-state index < -0.39 is 5.91 Å². The van der Waals surface area contributed by atoms with Gasteiger partial charge < -0.3 is 10.6 Å². The van der Waals surface area contributed by atoms with Crippen molar-refractivity contribution in [1.82, 2.24) is 9.88 Å². The molecule has 1 unspecified atom stereocenters. The molecule has 20 heavy (non-hydrogen) atoms. The molecule has 1 aliphatic carbocycles. The van der Waals surface area contributed by atoms with Crippen LogP contribution in [0.25, 0.3) is 0 Å². The molecule has 110 valence electrons. The quantitative estimate of drug-likeness (QED) is 0.904. The fourth-order valence-electron chi connectivity index (χ4n) is 2.69. The minimum Gasteiger partial charge on any atom is -0.370 e. The van der Waals surface area contributed by atoms with E-state index in [4.69, 9.17) is 5.73 Å². The van der Waals surface area contributed by atoms with Crippen LogP contribution in [0.3, 0.4) is 0 Å². The van der Waals surface area contributed by atoms with E-state index in [-0.39, 0.29) is 18.4 Å². The largest absolute Gasteiger partial charge is 0.370 e. The lowest BCUT2D eigenvalue weighted by Gasteiger charge is -2.24. The number of carbonyl (C=O) groups excluding carboxylic acids is 2. The fourth-order valence-corrected chi connectivity index (χ4v) is 3.55. The first-order valence-electron chi connectivity index (χ1n) is 6.99. The molecule has 5 nitrogen and oxygen atoms in total. The highest BCUT2D eigenvalue weighted by atomic mass is 32.1. The summed E-state index contributed by atoms with van der Waals surface area (Å²) in [5.41, 5.74) is 7.88. The first kappa shape index (κ1) is 15.0. The molecule has 6 heteroatoms.